The molecule has 0 amide bonds. The van der Waals surface area contributed by atoms with Crippen molar-refractivity contribution in [2.24, 2.45) is 4.99 Å². The van der Waals surface area contributed by atoms with Gasteiger partial charge in [0.25, 0.3) is 0 Å². The number of aliphatic imine (C=N–C) groups is 1. The van der Waals surface area contributed by atoms with Crippen LogP contribution in [0.1, 0.15) is 37.3 Å². The van der Waals surface area contributed by atoms with Gasteiger partial charge in [0.2, 0.25) is 0 Å². The molecule has 0 aromatic heterocycles. The standard InChI is InChI=1S/C24H31N3O3/c1-3-25-24(27-20-14-19-10-12-21(20)30-19)26-15-18-9-11-22(23(13-18)28-2)29-16-17-7-5-4-6-8-17/h4-9,11,13,19-21H,3,10,12,14-16H2,1-2H3,(H2,25,26,27). The molecule has 2 heterocycles. The van der Waals surface area contributed by atoms with E-state index in [0.29, 0.717) is 31.4 Å². The number of methoxy groups -OCH3 is 1. The number of benzene rings is 2. The van der Waals surface area contributed by atoms with Crippen molar-refractivity contribution in [1.29, 1.82) is 0 Å². The summed E-state index contributed by atoms with van der Waals surface area (Å²) in [4.78, 5) is 4.77. The molecule has 2 fully saturated rings. The van der Waals surface area contributed by atoms with Crippen molar-refractivity contribution in [3.63, 3.8) is 0 Å². The number of fused-ring (bicyclic) bond motifs is 2. The lowest BCUT2D eigenvalue weighted by Crippen LogP contribution is -2.47. The second kappa shape index (κ2) is 9.85. The van der Waals surface area contributed by atoms with Crippen molar-refractivity contribution < 1.29 is 14.2 Å². The molecule has 2 aromatic rings. The highest BCUT2D eigenvalue weighted by Crippen LogP contribution is 2.34. The zero-order valence-electron chi connectivity index (χ0n) is 17.8. The molecule has 6 heteroatoms. The Balaban J connectivity index is 1.38. The van der Waals surface area contributed by atoms with E-state index in [-0.39, 0.29) is 0 Å². The first-order valence-electron chi connectivity index (χ1n) is 10.8. The Morgan fingerprint density at radius 1 is 1.10 bits per heavy atom. The quantitative estimate of drug-likeness (QED) is 0.515. The first-order chi connectivity index (χ1) is 14.7. The number of nitrogens with zero attached hydrogens (tertiary/aromatic N) is 1. The van der Waals surface area contributed by atoms with Gasteiger partial charge in [0.05, 0.1) is 31.9 Å². The van der Waals surface area contributed by atoms with E-state index in [1.807, 2.05) is 48.5 Å². The van der Waals surface area contributed by atoms with E-state index in [1.165, 1.54) is 6.42 Å². The first kappa shape index (κ1) is 20.5. The van der Waals surface area contributed by atoms with Crippen LogP contribution in [0.25, 0.3) is 0 Å². The topological polar surface area (TPSA) is 64.1 Å². The molecule has 2 aliphatic rings. The van der Waals surface area contributed by atoms with Crippen molar-refractivity contribution in [2.75, 3.05) is 13.7 Å². The van der Waals surface area contributed by atoms with Crippen LogP contribution in [0.15, 0.2) is 53.5 Å². The smallest absolute Gasteiger partial charge is 0.191 e. The summed E-state index contributed by atoms with van der Waals surface area (Å²) >= 11 is 0. The van der Waals surface area contributed by atoms with Gasteiger partial charge in [-0.2, -0.15) is 0 Å². The number of nitrogens with one attached hydrogen (secondary N) is 2. The highest BCUT2D eigenvalue weighted by atomic mass is 16.5. The zero-order chi connectivity index (χ0) is 20.8. The number of hydrogen-bond donors (Lipinski definition) is 2. The number of guanidine groups is 1. The summed E-state index contributed by atoms with van der Waals surface area (Å²) in [6.45, 7) is 3.97. The number of ether oxygens (including phenoxy) is 3. The third-order valence-corrected chi connectivity index (χ3v) is 5.66. The zero-order valence-corrected chi connectivity index (χ0v) is 17.8. The first-order valence-corrected chi connectivity index (χ1v) is 10.8. The van der Waals surface area contributed by atoms with E-state index in [1.54, 1.807) is 7.11 Å². The van der Waals surface area contributed by atoms with E-state index in [2.05, 4.69) is 17.6 Å². The van der Waals surface area contributed by atoms with E-state index >= 15 is 0 Å². The maximum atomic E-state index is 5.95. The van der Waals surface area contributed by atoms with Crippen molar-refractivity contribution >= 4 is 5.96 Å². The third-order valence-electron chi connectivity index (χ3n) is 5.66. The summed E-state index contributed by atoms with van der Waals surface area (Å²) in [5.41, 5.74) is 2.19. The molecular formula is C24H31N3O3. The van der Waals surface area contributed by atoms with Crippen LogP contribution in [0.2, 0.25) is 0 Å². The van der Waals surface area contributed by atoms with Gasteiger partial charge in [0.15, 0.2) is 17.5 Å². The number of hydrogen-bond acceptors (Lipinski definition) is 4. The largest absolute Gasteiger partial charge is 0.493 e. The Morgan fingerprint density at radius 2 is 1.97 bits per heavy atom. The molecule has 0 saturated carbocycles. The molecule has 3 atom stereocenters. The molecule has 30 heavy (non-hydrogen) atoms. The SMILES string of the molecule is CCNC(=NCc1ccc(OCc2ccccc2)c(OC)c1)NC1CC2CCC1O2. The van der Waals surface area contributed by atoms with Crippen LogP contribution in [-0.4, -0.2) is 37.9 Å². The molecule has 0 radical (unpaired) electrons. The Morgan fingerprint density at radius 3 is 2.67 bits per heavy atom. The van der Waals surface area contributed by atoms with Gasteiger partial charge < -0.3 is 24.8 Å². The fourth-order valence-electron chi connectivity index (χ4n) is 4.12. The maximum absolute atomic E-state index is 5.95. The molecule has 160 valence electrons. The highest BCUT2D eigenvalue weighted by molar-refractivity contribution is 5.80. The fourth-order valence-corrected chi connectivity index (χ4v) is 4.12. The van der Waals surface area contributed by atoms with Crippen LogP contribution in [0.3, 0.4) is 0 Å². The summed E-state index contributed by atoms with van der Waals surface area (Å²) in [5, 5.41) is 6.90. The van der Waals surface area contributed by atoms with E-state index < -0.39 is 0 Å². The summed E-state index contributed by atoms with van der Waals surface area (Å²) in [7, 11) is 1.67. The Hall–Kier alpha value is -2.73. The molecule has 0 aliphatic carbocycles. The Kier molecular flexibility index (Phi) is 6.74. The summed E-state index contributed by atoms with van der Waals surface area (Å²) in [6, 6.07) is 16.5. The molecule has 2 N–H and O–H groups in total. The molecule has 6 nitrogen and oxygen atoms in total. The van der Waals surface area contributed by atoms with Gasteiger partial charge in [0, 0.05) is 6.54 Å². The van der Waals surface area contributed by atoms with Gasteiger partial charge in [-0.25, -0.2) is 4.99 Å². The average molecular weight is 410 g/mol. The van der Waals surface area contributed by atoms with Crippen molar-refractivity contribution in [2.45, 2.75) is 57.6 Å². The highest BCUT2D eigenvalue weighted by Gasteiger charge is 2.41. The molecule has 2 saturated heterocycles. The summed E-state index contributed by atoms with van der Waals surface area (Å²) in [5.74, 6) is 2.29. The van der Waals surface area contributed by atoms with Crippen LogP contribution < -0.4 is 20.1 Å². The fraction of sp³-hybridized carbons (Fsp3) is 0.458. The van der Waals surface area contributed by atoms with Crippen LogP contribution in [-0.2, 0) is 17.9 Å². The van der Waals surface area contributed by atoms with Crippen molar-refractivity contribution in [3.05, 3.63) is 59.7 Å². The van der Waals surface area contributed by atoms with Gasteiger partial charge in [-0.15, -0.1) is 0 Å². The van der Waals surface area contributed by atoms with E-state index in [0.717, 1.165) is 48.0 Å². The molecular weight excluding hydrogens is 378 g/mol. The monoisotopic (exact) mass is 409 g/mol. The molecule has 0 spiro atoms. The van der Waals surface area contributed by atoms with E-state index in [4.69, 9.17) is 19.2 Å². The maximum Gasteiger partial charge on any atom is 0.191 e. The number of rotatable bonds is 8. The minimum Gasteiger partial charge on any atom is -0.493 e. The van der Waals surface area contributed by atoms with Crippen molar-refractivity contribution in [3.8, 4) is 11.5 Å². The van der Waals surface area contributed by atoms with Gasteiger partial charge in [-0.1, -0.05) is 36.4 Å². The molecule has 2 aliphatic heterocycles. The second-order valence-electron chi connectivity index (χ2n) is 7.82. The lowest BCUT2D eigenvalue weighted by molar-refractivity contribution is 0.0992. The molecule has 4 rings (SSSR count). The van der Waals surface area contributed by atoms with Crippen molar-refractivity contribution in [1.82, 2.24) is 10.6 Å². The predicted octanol–water partition coefficient (Wildman–Crippen LogP) is 3.65. The van der Waals surface area contributed by atoms with Crippen LogP contribution >= 0.6 is 0 Å². The second-order valence-corrected chi connectivity index (χ2v) is 7.82. The lowest BCUT2D eigenvalue weighted by atomic mass is 9.96. The molecule has 2 bridgehead atoms. The molecule has 2 aromatic carbocycles. The van der Waals surface area contributed by atoms with E-state index in [9.17, 15) is 0 Å². The third kappa shape index (κ3) is 5.05. The minimum atomic E-state index is 0.319. The Bertz CT molecular complexity index is 856. The summed E-state index contributed by atoms with van der Waals surface area (Å²) < 4.78 is 17.4. The normalized spacial score (nSPS) is 22.7. The summed E-state index contributed by atoms with van der Waals surface area (Å²) in [6.07, 6.45) is 4.14. The van der Waals surface area contributed by atoms with Gasteiger partial charge >= 0.3 is 0 Å². The van der Waals surface area contributed by atoms with Gasteiger partial charge in [0.1, 0.15) is 6.61 Å². The van der Waals surface area contributed by atoms with Crippen LogP contribution in [0.5, 0.6) is 11.5 Å². The predicted molar refractivity (Wildman–Crippen MR) is 118 cm³/mol. The minimum absolute atomic E-state index is 0.319. The van der Waals surface area contributed by atoms with Crippen LogP contribution in [0, 0.1) is 0 Å². The lowest BCUT2D eigenvalue weighted by Gasteiger charge is -2.22. The van der Waals surface area contributed by atoms with Gasteiger partial charge in [-0.3, -0.25) is 0 Å². The molecule has 3 unspecified atom stereocenters. The average Bonchev–Trinajstić information content (AvgIpc) is 3.40. The van der Waals surface area contributed by atoms with Crippen LogP contribution in [0.4, 0.5) is 0 Å². The van der Waals surface area contributed by atoms with Gasteiger partial charge in [-0.05, 0) is 49.4 Å². The Labute approximate surface area is 178 Å².